The highest BCUT2D eigenvalue weighted by molar-refractivity contribution is 5.88. The van der Waals surface area contributed by atoms with Gasteiger partial charge in [0.2, 0.25) is 0 Å². The fourth-order valence-corrected chi connectivity index (χ4v) is 3.46. The van der Waals surface area contributed by atoms with Crippen molar-refractivity contribution in [3.8, 4) is 11.1 Å². The molecule has 0 spiro atoms. The first-order valence-corrected chi connectivity index (χ1v) is 9.52. The third-order valence-corrected chi connectivity index (χ3v) is 5.02. The number of aromatic amines is 1. The van der Waals surface area contributed by atoms with Gasteiger partial charge in [0, 0.05) is 42.3 Å². The first-order valence-electron chi connectivity index (χ1n) is 9.52. The standard InChI is InChI=1S/C23H20N6/c1-2-5-20(16-29-9-3-8-28-29)18(4-1)12-24-23-11-21-10-17(22-14-26-27-15-22)6-7-19(21)13-25-23/h1-11,13-15H,12,16H2,(H,24,25)(H,26,27). The summed E-state index contributed by atoms with van der Waals surface area (Å²) in [5, 5.41) is 16.9. The molecule has 6 heteroatoms. The Morgan fingerprint density at radius 2 is 1.83 bits per heavy atom. The van der Waals surface area contributed by atoms with E-state index in [9.17, 15) is 0 Å². The van der Waals surface area contributed by atoms with Crippen molar-refractivity contribution >= 4 is 16.6 Å². The second-order valence-corrected chi connectivity index (χ2v) is 6.94. The lowest BCUT2D eigenvalue weighted by molar-refractivity contribution is 0.682. The zero-order chi connectivity index (χ0) is 19.5. The molecule has 0 fully saturated rings. The molecular formula is C23H20N6. The highest BCUT2D eigenvalue weighted by atomic mass is 15.3. The monoisotopic (exact) mass is 380 g/mol. The Hall–Kier alpha value is -3.93. The predicted octanol–water partition coefficient (Wildman–Crippen LogP) is 4.48. The Kier molecular flexibility index (Phi) is 4.50. The fourth-order valence-electron chi connectivity index (χ4n) is 3.46. The van der Waals surface area contributed by atoms with Crippen molar-refractivity contribution in [1.29, 1.82) is 0 Å². The summed E-state index contributed by atoms with van der Waals surface area (Å²) >= 11 is 0. The number of nitrogens with one attached hydrogen (secondary N) is 2. The van der Waals surface area contributed by atoms with Crippen molar-refractivity contribution in [2.45, 2.75) is 13.1 Å². The SMILES string of the molecule is c1ccc(Cn2cccn2)c(CNc2cc3cc(-c4cn[nH]c4)ccc3cn2)c1. The molecule has 2 N–H and O–H groups in total. The molecule has 0 bridgehead atoms. The van der Waals surface area contributed by atoms with Crippen LogP contribution in [0.3, 0.4) is 0 Å². The minimum atomic E-state index is 0.706. The smallest absolute Gasteiger partial charge is 0.126 e. The third kappa shape index (κ3) is 3.73. The summed E-state index contributed by atoms with van der Waals surface area (Å²) in [6.07, 6.45) is 9.42. The first-order chi connectivity index (χ1) is 14.3. The van der Waals surface area contributed by atoms with Gasteiger partial charge in [0.15, 0.2) is 0 Å². The lowest BCUT2D eigenvalue weighted by Gasteiger charge is -2.12. The summed E-state index contributed by atoms with van der Waals surface area (Å²) in [5.41, 5.74) is 4.68. The van der Waals surface area contributed by atoms with E-state index in [-0.39, 0.29) is 0 Å². The number of benzene rings is 2. The van der Waals surface area contributed by atoms with E-state index < -0.39 is 0 Å². The quantitative estimate of drug-likeness (QED) is 0.456. The van der Waals surface area contributed by atoms with E-state index in [2.05, 4.69) is 74.1 Å². The number of hydrogen-bond donors (Lipinski definition) is 2. The Labute approximate surface area is 168 Å². The molecule has 3 heterocycles. The van der Waals surface area contributed by atoms with Crippen LogP contribution in [-0.2, 0) is 13.1 Å². The van der Waals surface area contributed by atoms with E-state index in [1.807, 2.05) is 35.5 Å². The van der Waals surface area contributed by atoms with Crippen LogP contribution in [0.2, 0.25) is 0 Å². The number of rotatable bonds is 6. The van der Waals surface area contributed by atoms with E-state index >= 15 is 0 Å². The van der Waals surface area contributed by atoms with Gasteiger partial charge in [-0.2, -0.15) is 10.2 Å². The molecule has 6 nitrogen and oxygen atoms in total. The van der Waals surface area contributed by atoms with E-state index in [0.717, 1.165) is 34.3 Å². The van der Waals surface area contributed by atoms with Crippen LogP contribution in [0.1, 0.15) is 11.1 Å². The second-order valence-electron chi connectivity index (χ2n) is 6.94. The molecule has 5 rings (SSSR count). The highest BCUT2D eigenvalue weighted by Crippen LogP contribution is 2.25. The Morgan fingerprint density at radius 1 is 0.897 bits per heavy atom. The normalized spacial score (nSPS) is 11.0. The van der Waals surface area contributed by atoms with E-state index in [1.54, 1.807) is 6.20 Å². The van der Waals surface area contributed by atoms with Gasteiger partial charge in [-0.15, -0.1) is 0 Å². The van der Waals surface area contributed by atoms with Crippen molar-refractivity contribution in [3.05, 3.63) is 96.7 Å². The molecule has 142 valence electrons. The van der Waals surface area contributed by atoms with Gasteiger partial charge in [-0.1, -0.05) is 36.4 Å². The van der Waals surface area contributed by atoms with Crippen LogP contribution in [0.25, 0.3) is 21.9 Å². The van der Waals surface area contributed by atoms with Crippen LogP contribution >= 0.6 is 0 Å². The van der Waals surface area contributed by atoms with Crippen molar-refractivity contribution in [2.24, 2.45) is 0 Å². The summed E-state index contributed by atoms with van der Waals surface area (Å²) in [5.74, 6) is 0.857. The Balaban J connectivity index is 1.37. The molecule has 0 amide bonds. The molecule has 0 atom stereocenters. The molecule has 5 aromatic rings. The topological polar surface area (TPSA) is 71.4 Å². The molecule has 0 unspecified atom stereocenters. The van der Waals surface area contributed by atoms with Gasteiger partial charge >= 0.3 is 0 Å². The lowest BCUT2D eigenvalue weighted by Crippen LogP contribution is -2.07. The summed E-state index contributed by atoms with van der Waals surface area (Å²) in [6, 6.07) is 18.8. The number of pyridine rings is 1. The maximum Gasteiger partial charge on any atom is 0.126 e. The number of fused-ring (bicyclic) bond motifs is 1. The summed E-state index contributed by atoms with van der Waals surface area (Å²) < 4.78 is 1.94. The van der Waals surface area contributed by atoms with E-state index in [0.29, 0.717) is 6.54 Å². The average Bonchev–Trinajstić information content (AvgIpc) is 3.47. The maximum atomic E-state index is 4.57. The van der Waals surface area contributed by atoms with Crippen LogP contribution in [0.5, 0.6) is 0 Å². The van der Waals surface area contributed by atoms with Crippen molar-refractivity contribution in [1.82, 2.24) is 25.0 Å². The summed E-state index contributed by atoms with van der Waals surface area (Å²) in [7, 11) is 0. The summed E-state index contributed by atoms with van der Waals surface area (Å²) in [6.45, 7) is 1.46. The van der Waals surface area contributed by atoms with Gasteiger partial charge in [0.25, 0.3) is 0 Å². The molecule has 3 aromatic heterocycles. The van der Waals surface area contributed by atoms with Gasteiger partial charge in [-0.25, -0.2) is 4.98 Å². The minimum absolute atomic E-state index is 0.706. The lowest BCUT2D eigenvalue weighted by atomic mass is 10.0. The third-order valence-electron chi connectivity index (χ3n) is 5.02. The van der Waals surface area contributed by atoms with Crippen molar-refractivity contribution in [3.63, 3.8) is 0 Å². The van der Waals surface area contributed by atoms with Crippen LogP contribution < -0.4 is 5.32 Å². The average molecular weight is 380 g/mol. The fraction of sp³-hybridized carbons (Fsp3) is 0.0870. The highest BCUT2D eigenvalue weighted by Gasteiger charge is 2.06. The zero-order valence-electron chi connectivity index (χ0n) is 15.8. The van der Waals surface area contributed by atoms with Crippen LogP contribution in [0.15, 0.2) is 85.6 Å². The zero-order valence-corrected chi connectivity index (χ0v) is 15.8. The molecule has 29 heavy (non-hydrogen) atoms. The first kappa shape index (κ1) is 17.2. The molecule has 0 aliphatic heterocycles. The van der Waals surface area contributed by atoms with Gasteiger partial charge in [0.1, 0.15) is 5.82 Å². The molecule has 0 aliphatic rings. The maximum absolute atomic E-state index is 4.57. The Bertz CT molecular complexity index is 1230. The van der Waals surface area contributed by atoms with Crippen molar-refractivity contribution in [2.75, 3.05) is 5.32 Å². The van der Waals surface area contributed by atoms with Crippen LogP contribution in [0.4, 0.5) is 5.82 Å². The summed E-state index contributed by atoms with van der Waals surface area (Å²) in [4.78, 5) is 4.57. The van der Waals surface area contributed by atoms with Gasteiger partial charge < -0.3 is 5.32 Å². The van der Waals surface area contributed by atoms with Gasteiger partial charge in [0.05, 0.1) is 12.7 Å². The Morgan fingerprint density at radius 3 is 2.66 bits per heavy atom. The second kappa shape index (κ2) is 7.59. The molecule has 0 aliphatic carbocycles. The van der Waals surface area contributed by atoms with Crippen LogP contribution in [0, 0.1) is 0 Å². The number of hydrogen-bond acceptors (Lipinski definition) is 4. The van der Waals surface area contributed by atoms with E-state index in [1.165, 1.54) is 11.1 Å². The number of H-pyrrole nitrogens is 1. The van der Waals surface area contributed by atoms with Crippen molar-refractivity contribution < 1.29 is 0 Å². The molecular weight excluding hydrogens is 360 g/mol. The predicted molar refractivity (Wildman–Crippen MR) is 114 cm³/mol. The van der Waals surface area contributed by atoms with E-state index in [4.69, 9.17) is 0 Å². The number of nitrogens with zero attached hydrogens (tertiary/aromatic N) is 4. The van der Waals surface area contributed by atoms with Crippen LogP contribution in [-0.4, -0.2) is 25.0 Å². The van der Waals surface area contributed by atoms with Gasteiger partial charge in [-0.3, -0.25) is 9.78 Å². The van der Waals surface area contributed by atoms with Gasteiger partial charge in [-0.05, 0) is 40.3 Å². The minimum Gasteiger partial charge on any atom is -0.366 e. The molecule has 0 saturated carbocycles. The molecule has 2 aromatic carbocycles. The number of aromatic nitrogens is 5. The largest absolute Gasteiger partial charge is 0.366 e. The molecule has 0 radical (unpaired) electrons. The number of anilines is 1. The molecule has 0 saturated heterocycles.